The Hall–Kier alpha value is -1.76. The van der Waals surface area contributed by atoms with E-state index in [2.05, 4.69) is 15.3 Å². The summed E-state index contributed by atoms with van der Waals surface area (Å²) in [6, 6.07) is 0. The maximum atomic E-state index is 14.0. The van der Waals surface area contributed by atoms with Crippen molar-refractivity contribution in [3.05, 3.63) is 17.8 Å². The molecule has 1 aliphatic rings. The smallest absolute Gasteiger partial charge is 0.225 e. The van der Waals surface area contributed by atoms with Crippen molar-refractivity contribution in [1.29, 1.82) is 0 Å². The Morgan fingerprint density at radius 3 is 2.80 bits per heavy atom. The van der Waals surface area contributed by atoms with Gasteiger partial charge < -0.3 is 15.8 Å². The Labute approximate surface area is 116 Å². The lowest BCUT2D eigenvalue weighted by molar-refractivity contribution is -0.132. The summed E-state index contributed by atoms with van der Waals surface area (Å²) in [5.74, 6) is -0.746. The van der Waals surface area contributed by atoms with Gasteiger partial charge in [-0.1, -0.05) is 6.92 Å². The van der Waals surface area contributed by atoms with Gasteiger partial charge in [-0.05, 0) is 19.3 Å². The van der Waals surface area contributed by atoms with Gasteiger partial charge in [0.25, 0.3) is 0 Å². The highest BCUT2D eigenvalue weighted by molar-refractivity contribution is 5.81. The molecule has 20 heavy (non-hydrogen) atoms. The maximum absolute atomic E-state index is 14.0. The summed E-state index contributed by atoms with van der Waals surface area (Å²) in [6.07, 6.45) is 2.86. The molecular formula is C13H19FN4O2. The molecule has 1 aromatic rings. The lowest BCUT2D eigenvalue weighted by Gasteiger charge is -2.34. The number of amides is 1. The largest absolute Gasteiger partial charge is 0.381 e. The minimum atomic E-state index is -0.706. The lowest BCUT2D eigenvalue weighted by atomic mass is 9.79. The minimum absolute atomic E-state index is 0.115. The van der Waals surface area contributed by atoms with Gasteiger partial charge in [0.15, 0.2) is 11.6 Å². The number of nitrogens with one attached hydrogen (secondary N) is 1. The first-order chi connectivity index (χ1) is 9.59. The molecule has 0 unspecified atom stereocenters. The number of anilines is 1. The van der Waals surface area contributed by atoms with E-state index in [1.54, 1.807) is 0 Å². The van der Waals surface area contributed by atoms with Crippen LogP contribution in [0.5, 0.6) is 0 Å². The second kappa shape index (κ2) is 6.13. The number of halogens is 1. The number of hydrogen-bond donors (Lipinski definition) is 2. The zero-order valence-electron chi connectivity index (χ0n) is 11.5. The van der Waals surface area contributed by atoms with Gasteiger partial charge in [-0.2, -0.15) is 0 Å². The number of carbonyl (C=O) groups excluding carboxylic acids is 1. The zero-order chi connectivity index (χ0) is 14.6. The molecule has 110 valence electrons. The van der Waals surface area contributed by atoms with Gasteiger partial charge in [-0.15, -0.1) is 0 Å². The summed E-state index contributed by atoms with van der Waals surface area (Å²) in [5, 5.41) is 2.90. The van der Waals surface area contributed by atoms with Crippen LogP contribution in [0, 0.1) is 11.2 Å². The SMILES string of the molecule is CCc1ncnc(NCC2(C(N)=O)CCOCC2)c1F. The highest BCUT2D eigenvalue weighted by Gasteiger charge is 2.38. The summed E-state index contributed by atoms with van der Waals surface area (Å²) in [4.78, 5) is 19.5. The van der Waals surface area contributed by atoms with E-state index in [-0.39, 0.29) is 12.4 Å². The number of rotatable bonds is 5. The quantitative estimate of drug-likeness (QED) is 0.836. The fourth-order valence-electron chi connectivity index (χ4n) is 2.30. The molecular weight excluding hydrogens is 263 g/mol. The number of nitrogens with two attached hydrogens (primary N) is 1. The molecule has 6 nitrogen and oxygen atoms in total. The van der Waals surface area contributed by atoms with Crippen molar-refractivity contribution in [2.24, 2.45) is 11.1 Å². The molecule has 0 spiro atoms. The van der Waals surface area contributed by atoms with Crippen LogP contribution in [0.3, 0.4) is 0 Å². The van der Waals surface area contributed by atoms with Crippen LogP contribution in [0.2, 0.25) is 0 Å². The van der Waals surface area contributed by atoms with E-state index in [1.807, 2.05) is 6.92 Å². The van der Waals surface area contributed by atoms with Crippen LogP contribution >= 0.6 is 0 Å². The molecule has 1 amide bonds. The van der Waals surface area contributed by atoms with Crippen molar-refractivity contribution in [2.75, 3.05) is 25.1 Å². The van der Waals surface area contributed by atoms with Gasteiger partial charge in [0, 0.05) is 19.8 Å². The van der Waals surface area contributed by atoms with Crippen LogP contribution in [-0.2, 0) is 16.0 Å². The first-order valence-electron chi connectivity index (χ1n) is 6.70. The van der Waals surface area contributed by atoms with E-state index in [1.165, 1.54) is 6.33 Å². The number of aryl methyl sites for hydroxylation is 1. The van der Waals surface area contributed by atoms with Crippen LogP contribution in [0.1, 0.15) is 25.5 Å². The average Bonchev–Trinajstić information content (AvgIpc) is 2.47. The highest BCUT2D eigenvalue weighted by Crippen LogP contribution is 2.30. The third-order valence-electron chi connectivity index (χ3n) is 3.76. The number of hydrogen-bond acceptors (Lipinski definition) is 5. The average molecular weight is 282 g/mol. The maximum Gasteiger partial charge on any atom is 0.225 e. The monoisotopic (exact) mass is 282 g/mol. The topological polar surface area (TPSA) is 90.1 Å². The standard InChI is InChI=1S/C13H19FN4O2/c1-2-9-10(14)11(18-8-17-9)16-7-13(12(15)19)3-5-20-6-4-13/h8H,2-7H2,1H3,(H2,15,19)(H,16,17,18). The lowest BCUT2D eigenvalue weighted by Crippen LogP contribution is -2.46. The number of primary amides is 1. The summed E-state index contributed by atoms with van der Waals surface area (Å²) >= 11 is 0. The molecule has 0 radical (unpaired) electrons. The fraction of sp³-hybridized carbons (Fsp3) is 0.615. The Morgan fingerprint density at radius 1 is 1.50 bits per heavy atom. The third kappa shape index (κ3) is 2.87. The zero-order valence-corrected chi connectivity index (χ0v) is 11.5. The highest BCUT2D eigenvalue weighted by atomic mass is 19.1. The first kappa shape index (κ1) is 14.6. The molecule has 0 atom stereocenters. The van der Waals surface area contributed by atoms with Crippen molar-refractivity contribution in [2.45, 2.75) is 26.2 Å². The van der Waals surface area contributed by atoms with Crippen molar-refractivity contribution >= 4 is 11.7 Å². The molecule has 2 heterocycles. The van der Waals surface area contributed by atoms with E-state index in [9.17, 15) is 9.18 Å². The van der Waals surface area contributed by atoms with E-state index < -0.39 is 17.1 Å². The normalized spacial score (nSPS) is 17.7. The van der Waals surface area contributed by atoms with Gasteiger partial charge >= 0.3 is 0 Å². The van der Waals surface area contributed by atoms with Crippen molar-refractivity contribution in [3.8, 4) is 0 Å². The van der Waals surface area contributed by atoms with E-state index in [4.69, 9.17) is 10.5 Å². The second-order valence-corrected chi connectivity index (χ2v) is 4.95. The van der Waals surface area contributed by atoms with E-state index in [0.29, 0.717) is 38.2 Å². The van der Waals surface area contributed by atoms with Crippen LogP contribution in [0.25, 0.3) is 0 Å². The van der Waals surface area contributed by atoms with Gasteiger partial charge in [0.05, 0.1) is 11.1 Å². The summed E-state index contributed by atoms with van der Waals surface area (Å²) in [6.45, 7) is 3.04. The summed E-state index contributed by atoms with van der Waals surface area (Å²) in [5.41, 5.74) is 5.14. The van der Waals surface area contributed by atoms with Crippen molar-refractivity contribution < 1.29 is 13.9 Å². The minimum Gasteiger partial charge on any atom is -0.381 e. The van der Waals surface area contributed by atoms with Crippen molar-refractivity contribution in [1.82, 2.24) is 9.97 Å². The van der Waals surface area contributed by atoms with Crippen LogP contribution in [-0.4, -0.2) is 35.6 Å². The first-order valence-corrected chi connectivity index (χ1v) is 6.70. The van der Waals surface area contributed by atoms with Gasteiger partial charge in [-0.25, -0.2) is 14.4 Å². The molecule has 1 aromatic heterocycles. The molecule has 0 bridgehead atoms. The predicted molar refractivity (Wildman–Crippen MR) is 71.5 cm³/mol. The van der Waals surface area contributed by atoms with Crippen LogP contribution in [0.4, 0.5) is 10.2 Å². The number of ether oxygens (including phenoxy) is 1. The van der Waals surface area contributed by atoms with Gasteiger partial charge in [0.1, 0.15) is 6.33 Å². The van der Waals surface area contributed by atoms with Crippen LogP contribution < -0.4 is 11.1 Å². The molecule has 1 saturated heterocycles. The van der Waals surface area contributed by atoms with Gasteiger partial charge in [0.2, 0.25) is 5.91 Å². The van der Waals surface area contributed by atoms with E-state index in [0.717, 1.165) is 0 Å². The van der Waals surface area contributed by atoms with Crippen molar-refractivity contribution in [3.63, 3.8) is 0 Å². The van der Waals surface area contributed by atoms with Crippen LogP contribution in [0.15, 0.2) is 6.33 Å². The van der Waals surface area contributed by atoms with Gasteiger partial charge in [-0.3, -0.25) is 4.79 Å². The summed E-state index contributed by atoms with van der Waals surface area (Å²) in [7, 11) is 0. The molecule has 7 heteroatoms. The molecule has 3 N–H and O–H groups in total. The molecule has 1 aliphatic heterocycles. The Morgan fingerprint density at radius 2 is 2.20 bits per heavy atom. The Kier molecular flexibility index (Phi) is 4.49. The Balaban J connectivity index is 2.12. The molecule has 0 aromatic carbocycles. The fourth-order valence-corrected chi connectivity index (χ4v) is 2.30. The number of aromatic nitrogens is 2. The third-order valence-corrected chi connectivity index (χ3v) is 3.76. The second-order valence-electron chi connectivity index (χ2n) is 4.95. The molecule has 0 saturated carbocycles. The number of carbonyl (C=O) groups is 1. The molecule has 0 aliphatic carbocycles. The molecule has 1 fully saturated rings. The molecule has 2 rings (SSSR count). The van der Waals surface area contributed by atoms with E-state index >= 15 is 0 Å². The predicted octanol–water partition coefficient (Wildman–Crippen LogP) is 0.872. The summed E-state index contributed by atoms with van der Waals surface area (Å²) < 4.78 is 19.3. The Bertz CT molecular complexity index is 489. The number of nitrogens with zero attached hydrogens (tertiary/aromatic N) is 2.